The van der Waals surface area contributed by atoms with Gasteiger partial charge in [0, 0.05) is 4.47 Å². The number of carboxylic acid groups (broad SMARTS) is 1. The number of amides is 1. The normalized spacial score (nSPS) is 30.4. The van der Waals surface area contributed by atoms with E-state index in [1.165, 1.54) is 0 Å². The molecule has 2 saturated heterocycles. The topological polar surface area (TPSA) is 75.6 Å². The molecule has 2 bridgehead atoms. The van der Waals surface area contributed by atoms with Crippen molar-refractivity contribution in [2.24, 2.45) is 11.8 Å². The van der Waals surface area contributed by atoms with Crippen molar-refractivity contribution >= 4 is 33.5 Å². The summed E-state index contributed by atoms with van der Waals surface area (Å²) in [6.07, 6.45) is 0.867. The summed E-state index contributed by atoms with van der Waals surface area (Å²) in [6.45, 7) is 1.96. The average molecular weight is 354 g/mol. The number of aliphatic carboxylic acids is 1. The zero-order valence-corrected chi connectivity index (χ0v) is 13.1. The van der Waals surface area contributed by atoms with Gasteiger partial charge in [-0.2, -0.15) is 0 Å². The maximum absolute atomic E-state index is 12.5. The van der Waals surface area contributed by atoms with Gasteiger partial charge >= 0.3 is 5.97 Å². The smallest absolute Gasteiger partial charge is 0.310 e. The maximum Gasteiger partial charge on any atom is 0.310 e. The van der Waals surface area contributed by atoms with Crippen molar-refractivity contribution in [3.05, 3.63) is 28.2 Å². The first-order chi connectivity index (χ1) is 9.97. The lowest BCUT2D eigenvalue weighted by Crippen LogP contribution is -2.41. The van der Waals surface area contributed by atoms with Gasteiger partial charge in [0.15, 0.2) is 0 Å². The first-order valence-corrected chi connectivity index (χ1v) is 7.72. The molecule has 2 N–H and O–H groups in total. The van der Waals surface area contributed by atoms with Crippen LogP contribution in [0.2, 0.25) is 0 Å². The lowest BCUT2D eigenvalue weighted by molar-refractivity contribution is -0.147. The molecule has 1 aromatic carbocycles. The summed E-state index contributed by atoms with van der Waals surface area (Å²) in [5.41, 5.74) is 1.73. The highest BCUT2D eigenvalue weighted by Gasteiger charge is 2.55. The molecule has 2 aliphatic rings. The minimum atomic E-state index is -0.953. The Kier molecular flexibility index (Phi) is 3.75. The van der Waals surface area contributed by atoms with Crippen LogP contribution in [0.5, 0.6) is 0 Å². The first kappa shape index (κ1) is 14.5. The molecule has 0 spiro atoms. The molecule has 2 fully saturated rings. The third kappa shape index (κ3) is 2.58. The van der Waals surface area contributed by atoms with E-state index in [4.69, 9.17) is 4.74 Å². The SMILES string of the molecule is Cc1ccc(NC(=O)[C@@H]2[C@@H](C(=O)O)[C@H]3CC[C@H]2O3)c(Br)c1. The third-order valence-electron chi connectivity index (χ3n) is 4.24. The fourth-order valence-corrected chi connectivity index (χ4v) is 3.85. The second-order valence-corrected chi connectivity index (χ2v) is 6.51. The Labute approximate surface area is 130 Å². The van der Waals surface area contributed by atoms with Crippen molar-refractivity contribution in [1.29, 1.82) is 0 Å². The van der Waals surface area contributed by atoms with Gasteiger partial charge in [-0.3, -0.25) is 9.59 Å². The first-order valence-electron chi connectivity index (χ1n) is 6.92. The van der Waals surface area contributed by atoms with Gasteiger partial charge in [-0.15, -0.1) is 0 Å². The van der Waals surface area contributed by atoms with Crippen molar-refractivity contribution in [2.75, 3.05) is 5.32 Å². The summed E-state index contributed by atoms with van der Waals surface area (Å²) in [7, 11) is 0. The van der Waals surface area contributed by atoms with Gasteiger partial charge in [0.25, 0.3) is 0 Å². The van der Waals surface area contributed by atoms with Crippen molar-refractivity contribution < 1.29 is 19.4 Å². The molecular weight excluding hydrogens is 338 g/mol. The molecule has 5 nitrogen and oxygen atoms in total. The number of carbonyl (C=O) groups excluding carboxylic acids is 1. The molecule has 1 amide bonds. The predicted molar refractivity (Wildman–Crippen MR) is 80.0 cm³/mol. The number of ether oxygens (including phenoxy) is 1. The Bertz CT molecular complexity index is 603. The summed E-state index contributed by atoms with van der Waals surface area (Å²) in [5.74, 6) is -2.59. The van der Waals surface area contributed by atoms with Crippen LogP contribution in [0.25, 0.3) is 0 Å². The second kappa shape index (κ2) is 5.42. The lowest BCUT2D eigenvalue weighted by Gasteiger charge is -2.24. The van der Waals surface area contributed by atoms with E-state index in [9.17, 15) is 14.7 Å². The summed E-state index contributed by atoms with van der Waals surface area (Å²) in [6, 6.07) is 5.61. The number of carboxylic acids is 1. The van der Waals surface area contributed by atoms with Gasteiger partial charge in [-0.1, -0.05) is 6.07 Å². The Morgan fingerprint density at radius 3 is 2.57 bits per heavy atom. The molecule has 2 heterocycles. The van der Waals surface area contributed by atoms with Crippen LogP contribution >= 0.6 is 15.9 Å². The fraction of sp³-hybridized carbons (Fsp3) is 0.467. The summed E-state index contributed by atoms with van der Waals surface area (Å²) in [5, 5.41) is 12.2. The number of aryl methyl sites for hydroxylation is 1. The van der Waals surface area contributed by atoms with E-state index in [2.05, 4.69) is 21.2 Å². The standard InChI is InChI=1S/C15H16BrNO4/c1-7-2-3-9(8(16)6-7)17-14(18)12-10-4-5-11(21-10)13(12)15(19)20/h2-3,6,10-13H,4-5H2,1H3,(H,17,18)(H,19,20)/t10-,11-,12+,13+/m1/s1. The highest BCUT2D eigenvalue weighted by molar-refractivity contribution is 9.10. The molecule has 1 aromatic rings. The number of rotatable bonds is 3. The summed E-state index contributed by atoms with van der Waals surface area (Å²) < 4.78 is 6.40. The molecule has 112 valence electrons. The van der Waals surface area contributed by atoms with E-state index in [1.54, 1.807) is 6.07 Å². The van der Waals surface area contributed by atoms with E-state index < -0.39 is 17.8 Å². The van der Waals surface area contributed by atoms with Gasteiger partial charge in [-0.05, 0) is 53.4 Å². The van der Waals surface area contributed by atoms with E-state index in [1.807, 2.05) is 19.1 Å². The molecule has 0 aromatic heterocycles. The number of hydrogen-bond acceptors (Lipinski definition) is 3. The number of anilines is 1. The number of benzene rings is 1. The molecular formula is C15H16BrNO4. The van der Waals surface area contributed by atoms with Gasteiger partial charge in [0.05, 0.1) is 29.7 Å². The predicted octanol–water partition coefficient (Wildman–Crippen LogP) is 2.57. The molecule has 0 radical (unpaired) electrons. The van der Waals surface area contributed by atoms with E-state index in [0.29, 0.717) is 5.69 Å². The third-order valence-corrected chi connectivity index (χ3v) is 4.90. The molecule has 2 aliphatic heterocycles. The van der Waals surface area contributed by atoms with Crippen LogP contribution in [0.15, 0.2) is 22.7 Å². The second-order valence-electron chi connectivity index (χ2n) is 5.65. The van der Waals surface area contributed by atoms with E-state index in [-0.39, 0.29) is 18.1 Å². The van der Waals surface area contributed by atoms with Crippen LogP contribution in [-0.2, 0) is 14.3 Å². The zero-order valence-electron chi connectivity index (χ0n) is 11.5. The molecule has 0 aliphatic carbocycles. The van der Waals surface area contributed by atoms with Crippen molar-refractivity contribution in [3.63, 3.8) is 0 Å². The van der Waals surface area contributed by atoms with Crippen LogP contribution < -0.4 is 5.32 Å². The number of nitrogens with one attached hydrogen (secondary N) is 1. The Balaban J connectivity index is 1.80. The van der Waals surface area contributed by atoms with Gasteiger partial charge < -0.3 is 15.2 Å². The Morgan fingerprint density at radius 2 is 1.95 bits per heavy atom. The number of halogens is 1. The van der Waals surface area contributed by atoms with E-state index in [0.717, 1.165) is 22.9 Å². The van der Waals surface area contributed by atoms with Gasteiger partial charge in [-0.25, -0.2) is 0 Å². The molecule has 21 heavy (non-hydrogen) atoms. The molecule has 3 rings (SSSR count). The van der Waals surface area contributed by atoms with Crippen LogP contribution in [0.3, 0.4) is 0 Å². The fourth-order valence-electron chi connectivity index (χ4n) is 3.26. The Hall–Kier alpha value is -1.40. The largest absolute Gasteiger partial charge is 0.481 e. The monoisotopic (exact) mass is 353 g/mol. The van der Waals surface area contributed by atoms with Crippen LogP contribution in [-0.4, -0.2) is 29.2 Å². The quantitative estimate of drug-likeness (QED) is 0.875. The number of carbonyl (C=O) groups is 2. The van der Waals surface area contributed by atoms with E-state index >= 15 is 0 Å². The number of fused-ring (bicyclic) bond motifs is 2. The van der Waals surface area contributed by atoms with Gasteiger partial charge in [0.1, 0.15) is 0 Å². The molecule has 4 atom stereocenters. The minimum absolute atomic E-state index is 0.277. The highest BCUT2D eigenvalue weighted by atomic mass is 79.9. The maximum atomic E-state index is 12.5. The summed E-state index contributed by atoms with van der Waals surface area (Å²) >= 11 is 3.41. The van der Waals surface area contributed by atoms with Crippen molar-refractivity contribution in [3.8, 4) is 0 Å². The van der Waals surface area contributed by atoms with Crippen LogP contribution in [0.4, 0.5) is 5.69 Å². The summed E-state index contributed by atoms with van der Waals surface area (Å²) in [4.78, 5) is 23.9. The number of hydrogen-bond donors (Lipinski definition) is 2. The van der Waals surface area contributed by atoms with Crippen molar-refractivity contribution in [2.45, 2.75) is 32.0 Å². The Morgan fingerprint density at radius 1 is 1.29 bits per heavy atom. The lowest BCUT2D eigenvalue weighted by atomic mass is 9.78. The van der Waals surface area contributed by atoms with Crippen molar-refractivity contribution in [1.82, 2.24) is 0 Å². The minimum Gasteiger partial charge on any atom is -0.481 e. The van der Waals surface area contributed by atoms with Crippen LogP contribution in [0.1, 0.15) is 18.4 Å². The zero-order chi connectivity index (χ0) is 15.1. The highest BCUT2D eigenvalue weighted by Crippen LogP contribution is 2.44. The average Bonchev–Trinajstić information content (AvgIpc) is 3.02. The molecule has 0 saturated carbocycles. The molecule has 0 unspecified atom stereocenters. The van der Waals surface area contributed by atoms with Gasteiger partial charge in [0.2, 0.25) is 5.91 Å². The molecule has 6 heteroatoms. The van der Waals surface area contributed by atoms with Crippen LogP contribution in [0, 0.1) is 18.8 Å².